The average Bonchev–Trinajstić information content (AvgIpc) is 2.14. The second-order valence-electron chi connectivity index (χ2n) is 1.40. The van der Waals surface area contributed by atoms with E-state index >= 15 is 0 Å². The predicted octanol–water partition coefficient (Wildman–Crippen LogP) is -0.188. The van der Waals surface area contributed by atoms with E-state index in [2.05, 4.69) is 17.3 Å². The van der Waals surface area contributed by atoms with E-state index in [1.807, 2.05) is 5.01 Å². The molecule has 1 rings (SSSR count). The van der Waals surface area contributed by atoms with E-state index in [1.165, 1.54) is 0 Å². The van der Waals surface area contributed by atoms with Gasteiger partial charge in [-0.05, 0) is 6.92 Å². The summed E-state index contributed by atoms with van der Waals surface area (Å²) in [5.74, 6) is 0. The maximum absolute atomic E-state index is 3.93. The molecule has 3 heteroatoms. The van der Waals surface area contributed by atoms with Gasteiger partial charge in [-0.25, -0.2) is 5.43 Å². The van der Waals surface area contributed by atoms with Crippen molar-refractivity contribution in [2.45, 2.75) is 6.92 Å². The van der Waals surface area contributed by atoms with Gasteiger partial charge < -0.3 is 0 Å². The van der Waals surface area contributed by atoms with Crippen molar-refractivity contribution in [2.24, 2.45) is 4.99 Å². The molecule has 0 saturated heterocycles. The van der Waals surface area contributed by atoms with Crippen molar-refractivity contribution in [3.05, 3.63) is 0 Å². The number of aliphatic imine (C=N–C) groups is 1. The highest BCUT2D eigenvalue weighted by Crippen LogP contribution is 1.81. The fourth-order valence-corrected chi connectivity index (χ4v) is 0.505. The minimum Gasteiger partial charge on any atom is -0.297 e. The Hall–Kier alpha value is -0.570. The van der Waals surface area contributed by atoms with Crippen molar-refractivity contribution < 1.29 is 0 Å². The standard InChI is InChI=1S/C4H9N3/c1-2-7-4-5-3-6-7/h4,6H,2-3H2,1H3. The van der Waals surface area contributed by atoms with Crippen LogP contribution < -0.4 is 5.43 Å². The third-order valence-corrected chi connectivity index (χ3v) is 0.927. The van der Waals surface area contributed by atoms with Crippen molar-refractivity contribution >= 4 is 6.34 Å². The van der Waals surface area contributed by atoms with Gasteiger partial charge in [0.1, 0.15) is 13.0 Å². The number of nitrogens with one attached hydrogen (secondary N) is 1. The third-order valence-electron chi connectivity index (χ3n) is 0.927. The largest absolute Gasteiger partial charge is 0.297 e. The summed E-state index contributed by atoms with van der Waals surface area (Å²) in [7, 11) is 0. The van der Waals surface area contributed by atoms with Gasteiger partial charge in [0.15, 0.2) is 0 Å². The molecule has 1 aliphatic heterocycles. The van der Waals surface area contributed by atoms with Crippen LogP contribution in [-0.4, -0.2) is 24.6 Å². The van der Waals surface area contributed by atoms with E-state index in [1.54, 1.807) is 6.34 Å². The summed E-state index contributed by atoms with van der Waals surface area (Å²) in [4.78, 5) is 3.93. The van der Waals surface area contributed by atoms with E-state index in [4.69, 9.17) is 0 Å². The van der Waals surface area contributed by atoms with Gasteiger partial charge in [0.2, 0.25) is 0 Å². The first kappa shape index (κ1) is 4.59. The van der Waals surface area contributed by atoms with Crippen LogP contribution in [0.15, 0.2) is 4.99 Å². The maximum Gasteiger partial charge on any atom is 0.107 e. The normalized spacial score (nSPS) is 18.7. The van der Waals surface area contributed by atoms with Crippen molar-refractivity contribution in [2.75, 3.05) is 13.2 Å². The summed E-state index contributed by atoms with van der Waals surface area (Å²) in [6.45, 7) is 3.81. The Labute approximate surface area is 43.0 Å². The molecule has 1 N–H and O–H groups in total. The highest BCUT2D eigenvalue weighted by atomic mass is 15.6. The second-order valence-corrected chi connectivity index (χ2v) is 1.40. The molecule has 0 spiro atoms. The molecule has 40 valence electrons. The molecule has 0 aromatic carbocycles. The molecule has 0 unspecified atom stereocenters. The highest BCUT2D eigenvalue weighted by Gasteiger charge is 1.96. The molecule has 1 aliphatic rings. The van der Waals surface area contributed by atoms with Crippen molar-refractivity contribution in [3.8, 4) is 0 Å². The number of hydrazine groups is 1. The van der Waals surface area contributed by atoms with Crippen LogP contribution >= 0.6 is 0 Å². The van der Waals surface area contributed by atoms with Gasteiger partial charge in [-0.1, -0.05) is 0 Å². The molecular weight excluding hydrogens is 90.1 g/mol. The molecule has 0 saturated carbocycles. The van der Waals surface area contributed by atoms with E-state index in [9.17, 15) is 0 Å². The first-order valence-electron chi connectivity index (χ1n) is 2.43. The van der Waals surface area contributed by atoms with Crippen LogP contribution in [-0.2, 0) is 0 Å². The Balaban J connectivity index is 2.28. The lowest BCUT2D eigenvalue weighted by Crippen LogP contribution is -2.30. The van der Waals surface area contributed by atoms with Gasteiger partial charge in [-0.3, -0.25) is 10.0 Å². The van der Waals surface area contributed by atoms with Crippen molar-refractivity contribution in [3.63, 3.8) is 0 Å². The van der Waals surface area contributed by atoms with Crippen LogP contribution in [0.2, 0.25) is 0 Å². The van der Waals surface area contributed by atoms with Gasteiger partial charge in [0.05, 0.1) is 0 Å². The maximum atomic E-state index is 3.93. The molecule has 0 fully saturated rings. The van der Waals surface area contributed by atoms with Gasteiger partial charge >= 0.3 is 0 Å². The van der Waals surface area contributed by atoms with Crippen molar-refractivity contribution in [1.29, 1.82) is 0 Å². The van der Waals surface area contributed by atoms with E-state index in [0.29, 0.717) is 0 Å². The third kappa shape index (κ3) is 0.899. The topological polar surface area (TPSA) is 27.6 Å². The smallest absolute Gasteiger partial charge is 0.107 e. The summed E-state index contributed by atoms with van der Waals surface area (Å²) in [6, 6.07) is 0. The summed E-state index contributed by atoms with van der Waals surface area (Å²) < 4.78 is 0. The fraction of sp³-hybridized carbons (Fsp3) is 0.750. The fourth-order valence-electron chi connectivity index (χ4n) is 0.505. The Morgan fingerprint density at radius 2 is 2.86 bits per heavy atom. The molecule has 0 bridgehead atoms. The number of rotatable bonds is 1. The molecule has 0 aliphatic carbocycles. The summed E-state index contributed by atoms with van der Waals surface area (Å²) in [5.41, 5.74) is 3.02. The van der Waals surface area contributed by atoms with E-state index in [0.717, 1.165) is 13.2 Å². The lowest BCUT2D eigenvalue weighted by molar-refractivity contribution is 0.367. The second kappa shape index (κ2) is 1.93. The van der Waals surface area contributed by atoms with Crippen LogP contribution in [0.25, 0.3) is 0 Å². The number of nitrogens with zero attached hydrogens (tertiary/aromatic N) is 2. The van der Waals surface area contributed by atoms with Crippen LogP contribution in [0.3, 0.4) is 0 Å². The van der Waals surface area contributed by atoms with Crippen LogP contribution in [0.1, 0.15) is 6.92 Å². The van der Waals surface area contributed by atoms with Gasteiger partial charge in [0.25, 0.3) is 0 Å². The van der Waals surface area contributed by atoms with Crippen LogP contribution in [0.4, 0.5) is 0 Å². The zero-order chi connectivity index (χ0) is 5.11. The summed E-state index contributed by atoms with van der Waals surface area (Å²) >= 11 is 0. The predicted molar refractivity (Wildman–Crippen MR) is 28.9 cm³/mol. The van der Waals surface area contributed by atoms with Crippen molar-refractivity contribution in [1.82, 2.24) is 10.4 Å². The Kier molecular flexibility index (Phi) is 1.26. The van der Waals surface area contributed by atoms with Crippen LogP contribution in [0.5, 0.6) is 0 Å². The summed E-state index contributed by atoms with van der Waals surface area (Å²) in [5, 5.41) is 1.94. The van der Waals surface area contributed by atoms with Gasteiger partial charge in [-0.2, -0.15) is 0 Å². The first-order valence-corrected chi connectivity index (χ1v) is 2.43. The minimum atomic E-state index is 0.744. The quantitative estimate of drug-likeness (QED) is 0.493. The Morgan fingerprint density at radius 3 is 3.14 bits per heavy atom. The SMILES string of the molecule is CCN1C=NCN1. The molecule has 1 heterocycles. The molecule has 0 aromatic rings. The van der Waals surface area contributed by atoms with Gasteiger partial charge in [-0.15, -0.1) is 0 Å². The lowest BCUT2D eigenvalue weighted by atomic mass is 10.7. The Bertz CT molecular complexity index is 79.0. The Morgan fingerprint density at radius 1 is 2.00 bits per heavy atom. The number of hydrogen-bond acceptors (Lipinski definition) is 3. The molecule has 0 radical (unpaired) electrons. The van der Waals surface area contributed by atoms with Gasteiger partial charge in [0, 0.05) is 6.54 Å². The number of hydrogen-bond donors (Lipinski definition) is 1. The monoisotopic (exact) mass is 99.1 g/mol. The molecule has 3 nitrogen and oxygen atoms in total. The minimum absolute atomic E-state index is 0.744. The lowest BCUT2D eigenvalue weighted by Gasteiger charge is -2.08. The zero-order valence-corrected chi connectivity index (χ0v) is 4.39. The highest BCUT2D eigenvalue weighted by molar-refractivity contribution is 5.55. The molecule has 7 heavy (non-hydrogen) atoms. The molecular formula is C4H9N3. The average molecular weight is 99.1 g/mol. The molecule has 0 atom stereocenters. The van der Waals surface area contributed by atoms with E-state index in [-0.39, 0.29) is 0 Å². The zero-order valence-electron chi connectivity index (χ0n) is 4.39. The summed E-state index contributed by atoms with van der Waals surface area (Å²) in [6.07, 6.45) is 1.81. The van der Waals surface area contributed by atoms with Crippen LogP contribution in [0, 0.1) is 0 Å². The van der Waals surface area contributed by atoms with E-state index < -0.39 is 0 Å². The molecule has 0 amide bonds. The molecule has 0 aromatic heterocycles. The first-order chi connectivity index (χ1) is 3.43.